The molecule has 6 heteroatoms. The molecule has 2 N–H and O–H groups in total. The number of ether oxygens (including phenoxy) is 2. The molecular formula is C13H17N3O3. The van der Waals surface area contributed by atoms with Crippen LogP contribution in [-0.2, 0) is 6.61 Å². The lowest BCUT2D eigenvalue weighted by Crippen LogP contribution is -2.08. The van der Waals surface area contributed by atoms with Gasteiger partial charge in [0.1, 0.15) is 11.5 Å². The van der Waals surface area contributed by atoms with Crippen molar-refractivity contribution in [3.8, 4) is 11.5 Å². The maximum atomic E-state index is 5.91. The summed E-state index contributed by atoms with van der Waals surface area (Å²) in [6, 6.07) is 5.40. The Morgan fingerprint density at radius 3 is 2.79 bits per heavy atom. The fourth-order valence-electron chi connectivity index (χ4n) is 1.68. The lowest BCUT2D eigenvalue weighted by molar-refractivity contribution is 0.239. The second kappa shape index (κ2) is 5.71. The van der Waals surface area contributed by atoms with E-state index >= 15 is 0 Å². The Bertz CT molecular complexity index is 552. The highest BCUT2D eigenvalue weighted by atomic mass is 16.5. The first-order valence-corrected chi connectivity index (χ1v) is 5.95. The smallest absolute Gasteiger partial charge is 0.264 e. The summed E-state index contributed by atoms with van der Waals surface area (Å²) >= 11 is 0. The van der Waals surface area contributed by atoms with E-state index in [2.05, 4.69) is 10.1 Å². The van der Waals surface area contributed by atoms with Crippen molar-refractivity contribution in [1.29, 1.82) is 0 Å². The van der Waals surface area contributed by atoms with Crippen LogP contribution in [0.25, 0.3) is 0 Å². The van der Waals surface area contributed by atoms with Crippen LogP contribution in [0.15, 0.2) is 22.7 Å². The minimum Gasteiger partial charge on any atom is -0.497 e. The normalized spacial score (nSPS) is 12.2. The number of hydrogen-bond donors (Lipinski definition) is 1. The third-order valence-corrected chi connectivity index (χ3v) is 2.63. The standard InChI is InChI=1S/C13H17N3O3/c1-8(14)11-5-4-10(17-3)6-12(11)18-7-13-15-9(2)16-19-13/h4-6,8H,7,14H2,1-3H3/t8-/m0/s1. The van der Waals surface area contributed by atoms with Crippen LogP contribution < -0.4 is 15.2 Å². The van der Waals surface area contributed by atoms with Gasteiger partial charge in [-0.05, 0) is 19.9 Å². The lowest BCUT2D eigenvalue weighted by Gasteiger charge is -2.14. The number of rotatable bonds is 5. The van der Waals surface area contributed by atoms with E-state index in [1.807, 2.05) is 19.1 Å². The fraction of sp³-hybridized carbons (Fsp3) is 0.385. The molecule has 1 aromatic carbocycles. The molecule has 0 saturated carbocycles. The Morgan fingerprint density at radius 2 is 2.21 bits per heavy atom. The van der Waals surface area contributed by atoms with E-state index in [0.717, 1.165) is 5.56 Å². The summed E-state index contributed by atoms with van der Waals surface area (Å²) in [6.07, 6.45) is 0. The average Bonchev–Trinajstić information content (AvgIpc) is 2.81. The van der Waals surface area contributed by atoms with E-state index in [1.54, 1.807) is 20.1 Å². The highest BCUT2D eigenvalue weighted by Crippen LogP contribution is 2.29. The van der Waals surface area contributed by atoms with Crippen LogP contribution in [-0.4, -0.2) is 17.3 Å². The quantitative estimate of drug-likeness (QED) is 0.888. The number of hydrogen-bond acceptors (Lipinski definition) is 6. The van der Waals surface area contributed by atoms with E-state index in [-0.39, 0.29) is 12.6 Å². The van der Waals surface area contributed by atoms with Crippen molar-refractivity contribution in [1.82, 2.24) is 10.1 Å². The number of nitrogens with two attached hydrogens (primary N) is 1. The molecule has 2 aromatic rings. The summed E-state index contributed by atoms with van der Waals surface area (Å²) in [5.74, 6) is 2.37. The van der Waals surface area contributed by atoms with Gasteiger partial charge < -0.3 is 19.7 Å². The summed E-state index contributed by atoms with van der Waals surface area (Å²) in [6.45, 7) is 3.85. The first kappa shape index (κ1) is 13.4. The minimum atomic E-state index is -0.134. The molecule has 0 bridgehead atoms. The summed E-state index contributed by atoms with van der Waals surface area (Å²) in [7, 11) is 1.60. The van der Waals surface area contributed by atoms with Crippen molar-refractivity contribution < 1.29 is 14.0 Å². The van der Waals surface area contributed by atoms with E-state index < -0.39 is 0 Å². The topological polar surface area (TPSA) is 83.4 Å². The summed E-state index contributed by atoms with van der Waals surface area (Å²) < 4.78 is 15.9. The molecule has 6 nitrogen and oxygen atoms in total. The zero-order valence-electron chi connectivity index (χ0n) is 11.2. The zero-order chi connectivity index (χ0) is 13.8. The molecule has 0 aliphatic carbocycles. The Balaban J connectivity index is 2.17. The van der Waals surface area contributed by atoms with E-state index in [4.69, 9.17) is 19.7 Å². The van der Waals surface area contributed by atoms with Gasteiger partial charge in [-0.2, -0.15) is 4.98 Å². The maximum absolute atomic E-state index is 5.91. The minimum absolute atomic E-state index is 0.134. The molecule has 1 aromatic heterocycles. The number of nitrogens with zero attached hydrogens (tertiary/aromatic N) is 2. The lowest BCUT2D eigenvalue weighted by atomic mass is 10.1. The molecule has 0 aliphatic rings. The first-order valence-electron chi connectivity index (χ1n) is 5.95. The summed E-state index contributed by atoms with van der Waals surface area (Å²) in [4.78, 5) is 4.08. The molecule has 2 rings (SSSR count). The summed E-state index contributed by atoms with van der Waals surface area (Å²) in [5, 5.41) is 3.70. The highest BCUT2D eigenvalue weighted by molar-refractivity contribution is 5.42. The molecule has 0 amide bonds. The maximum Gasteiger partial charge on any atom is 0.264 e. The van der Waals surface area contributed by atoms with Crippen LogP contribution in [0.4, 0.5) is 0 Å². The number of aromatic nitrogens is 2. The predicted octanol–water partition coefficient (Wildman–Crippen LogP) is 1.99. The largest absolute Gasteiger partial charge is 0.497 e. The Morgan fingerprint density at radius 1 is 1.42 bits per heavy atom. The first-order chi connectivity index (χ1) is 9.10. The van der Waals surface area contributed by atoms with Crippen molar-refractivity contribution in [3.05, 3.63) is 35.5 Å². The van der Waals surface area contributed by atoms with Gasteiger partial charge in [0.2, 0.25) is 0 Å². The van der Waals surface area contributed by atoms with Gasteiger partial charge in [0, 0.05) is 17.7 Å². The van der Waals surface area contributed by atoms with E-state index in [1.165, 1.54) is 0 Å². The molecule has 0 radical (unpaired) electrons. The predicted molar refractivity (Wildman–Crippen MR) is 69.0 cm³/mol. The van der Waals surface area contributed by atoms with Crippen LogP contribution >= 0.6 is 0 Å². The van der Waals surface area contributed by atoms with Crippen molar-refractivity contribution in [2.75, 3.05) is 7.11 Å². The summed E-state index contributed by atoms with van der Waals surface area (Å²) in [5.41, 5.74) is 6.81. The third-order valence-electron chi connectivity index (χ3n) is 2.63. The molecule has 0 saturated heterocycles. The molecule has 0 fully saturated rings. The molecular weight excluding hydrogens is 246 g/mol. The molecule has 0 unspecified atom stereocenters. The van der Waals surface area contributed by atoms with Crippen LogP contribution in [0.1, 0.15) is 30.2 Å². The number of aryl methyl sites for hydroxylation is 1. The van der Waals surface area contributed by atoms with Crippen molar-refractivity contribution in [2.45, 2.75) is 26.5 Å². The second-order valence-electron chi connectivity index (χ2n) is 4.22. The monoisotopic (exact) mass is 263 g/mol. The van der Waals surface area contributed by atoms with Crippen LogP contribution in [0.3, 0.4) is 0 Å². The third kappa shape index (κ3) is 3.23. The van der Waals surface area contributed by atoms with Crippen LogP contribution in [0, 0.1) is 6.92 Å². The van der Waals surface area contributed by atoms with Gasteiger partial charge in [-0.15, -0.1) is 0 Å². The highest BCUT2D eigenvalue weighted by Gasteiger charge is 2.11. The van der Waals surface area contributed by atoms with Gasteiger partial charge in [0.05, 0.1) is 7.11 Å². The Labute approximate surface area is 111 Å². The number of methoxy groups -OCH3 is 1. The van der Waals surface area contributed by atoms with E-state index in [0.29, 0.717) is 23.2 Å². The Hall–Kier alpha value is -2.08. The van der Waals surface area contributed by atoms with Crippen molar-refractivity contribution in [2.24, 2.45) is 5.73 Å². The van der Waals surface area contributed by atoms with Gasteiger partial charge >= 0.3 is 0 Å². The molecule has 1 heterocycles. The molecule has 1 atom stereocenters. The zero-order valence-corrected chi connectivity index (χ0v) is 11.2. The Kier molecular flexibility index (Phi) is 4.01. The molecule has 102 valence electrons. The SMILES string of the molecule is COc1ccc([C@H](C)N)c(OCc2nc(C)no2)c1. The van der Waals surface area contributed by atoms with Crippen molar-refractivity contribution >= 4 is 0 Å². The van der Waals surface area contributed by atoms with Gasteiger partial charge in [-0.25, -0.2) is 0 Å². The van der Waals surface area contributed by atoms with Crippen molar-refractivity contribution in [3.63, 3.8) is 0 Å². The van der Waals surface area contributed by atoms with Crippen LogP contribution in [0.2, 0.25) is 0 Å². The van der Waals surface area contributed by atoms with Gasteiger partial charge in [-0.1, -0.05) is 11.2 Å². The average molecular weight is 263 g/mol. The van der Waals surface area contributed by atoms with Crippen LogP contribution in [0.5, 0.6) is 11.5 Å². The van der Waals surface area contributed by atoms with Gasteiger partial charge in [0.15, 0.2) is 12.4 Å². The molecule has 0 aliphatic heterocycles. The number of benzene rings is 1. The second-order valence-corrected chi connectivity index (χ2v) is 4.22. The van der Waals surface area contributed by atoms with Gasteiger partial charge in [0.25, 0.3) is 5.89 Å². The molecule has 0 spiro atoms. The van der Waals surface area contributed by atoms with E-state index in [9.17, 15) is 0 Å². The fourth-order valence-corrected chi connectivity index (χ4v) is 1.68. The van der Waals surface area contributed by atoms with Gasteiger partial charge in [-0.3, -0.25) is 0 Å². The molecule has 19 heavy (non-hydrogen) atoms.